The van der Waals surface area contributed by atoms with Crippen LogP contribution in [0.4, 0.5) is 18.0 Å². The molecule has 0 fully saturated rings. The fourth-order valence-electron chi connectivity index (χ4n) is 3.07. The number of halogens is 3. The van der Waals surface area contributed by atoms with E-state index in [9.17, 15) is 22.8 Å². The number of hydrogen-bond donors (Lipinski definition) is 2. The highest BCUT2D eigenvalue weighted by molar-refractivity contribution is 5.81. The van der Waals surface area contributed by atoms with Gasteiger partial charge in [0.2, 0.25) is 0 Å². The molecular weight excluding hydrogens is 457 g/mol. The van der Waals surface area contributed by atoms with Crippen molar-refractivity contribution < 1.29 is 27.5 Å². The highest BCUT2D eigenvalue weighted by atomic mass is 19.4. The van der Waals surface area contributed by atoms with Gasteiger partial charge in [0.15, 0.2) is 0 Å². The maximum absolute atomic E-state index is 12.0. The van der Waals surface area contributed by atoms with Crippen molar-refractivity contribution in [3.05, 3.63) is 70.8 Å². The molecule has 0 aromatic heterocycles. The number of benzene rings is 2. The van der Waals surface area contributed by atoms with Crippen molar-refractivity contribution in [2.24, 2.45) is 0 Å². The molecule has 0 bridgehead atoms. The summed E-state index contributed by atoms with van der Waals surface area (Å²) >= 11 is 0. The van der Waals surface area contributed by atoms with Crippen LogP contribution >= 0.6 is 0 Å². The Balaban J connectivity index is 0.000000351. The summed E-state index contributed by atoms with van der Waals surface area (Å²) in [7, 11) is 0. The average molecular weight is 495 g/mol. The molecule has 194 valence electrons. The molecule has 2 aromatic carbocycles. The minimum Gasteiger partial charge on any atom is -0.444 e. The van der Waals surface area contributed by atoms with E-state index < -0.39 is 23.7 Å². The van der Waals surface area contributed by atoms with Crippen LogP contribution in [0.2, 0.25) is 0 Å². The lowest BCUT2D eigenvalue weighted by atomic mass is 10.1. The lowest BCUT2D eigenvalue weighted by molar-refractivity contribution is -0.174. The zero-order valence-corrected chi connectivity index (χ0v) is 21.5. The molecule has 0 saturated heterocycles. The van der Waals surface area contributed by atoms with Crippen molar-refractivity contribution in [2.45, 2.75) is 85.2 Å². The molecule has 0 aliphatic carbocycles. The average Bonchev–Trinajstić information content (AvgIpc) is 2.69. The molecule has 2 aromatic rings. The first-order valence-corrected chi connectivity index (χ1v) is 11.5. The van der Waals surface area contributed by atoms with E-state index in [1.54, 1.807) is 6.92 Å². The molecule has 0 aliphatic heterocycles. The van der Waals surface area contributed by atoms with Crippen LogP contribution < -0.4 is 10.6 Å². The summed E-state index contributed by atoms with van der Waals surface area (Å²) in [4.78, 5) is 22.3. The molecule has 0 aliphatic rings. The molecule has 35 heavy (non-hydrogen) atoms. The Kier molecular flexibility index (Phi) is 11.3. The van der Waals surface area contributed by atoms with Gasteiger partial charge in [0.25, 0.3) is 0 Å². The van der Waals surface area contributed by atoms with Crippen molar-refractivity contribution in [3.8, 4) is 0 Å². The summed E-state index contributed by atoms with van der Waals surface area (Å²) in [6, 6.07) is 15.3. The summed E-state index contributed by atoms with van der Waals surface area (Å²) < 4.78 is 41.2. The molecule has 2 atom stereocenters. The number of alkyl halides is 3. The summed E-state index contributed by atoms with van der Waals surface area (Å²) in [5.74, 6) is -1.89. The monoisotopic (exact) mass is 494 g/mol. The van der Waals surface area contributed by atoms with E-state index in [1.807, 2.05) is 64.2 Å². The molecule has 0 unspecified atom stereocenters. The first-order chi connectivity index (χ1) is 16.0. The third-order valence-electron chi connectivity index (χ3n) is 4.72. The normalized spacial score (nSPS) is 13.1. The van der Waals surface area contributed by atoms with Gasteiger partial charge in [0.1, 0.15) is 5.60 Å². The van der Waals surface area contributed by atoms with Crippen LogP contribution in [-0.4, -0.2) is 35.9 Å². The number of ether oxygens (including phenoxy) is 1. The van der Waals surface area contributed by atoms with Gasteiger partial charge in [-0.25, -0.2) is 4.79 Å². The van der Waals surface area contributed by atoms with Crippen molar-refractivity contribution in [1.82, 2.24) is 10.6 Å². The van der Waals surface area contributed by atoms with Gasteiger partial charge in [0.05, 0.1) is 0 Å². The molecule has 2 N–H and O–H groups in total. The van der Waals surface area contributed by atoms with Crippen molar-refractivity contribution in [3.63, 3.8) is 0 Å². The highest BCUT2D eigenvalue weighted by Gasteiger charge is 2.39. The predicted molar refractivity (Wildman–Crippen MR) is 132 cm³/mol. The molecule has 0 saturated carbocycles. The minimum atomic E-state index is -4.82. The Morgan fingerprint density at radius 2 is 1.14 bits per heavy atom. The second-order valence-corrected chi connectivity index (χ2v) is 9.80. The quantitative estimate of drug-likeness (QED) is 0.513. The first kappa shape index (κ1) is 30.0. The van der Waals surface area contributed by atoms with Gasteiger partial charge in [0, 0.05) is 12.1 Å². The second kappa shape index (κ2) is 13.2. The Labute approximate surface area is 206 Å². The topological polar surface area (TPSA) is 67.4 Å². The van der Waals surface area contributed by atoms with E-state index in [-0.39, 0.29) is 12.1 Å². The van der Waals surface area contributed by atoms with Crippen LogP contribution in [-0.2, 0) is 22.4 Å². The standard InChI is InChI=1S/C15H23NO2.C12H14F3NO/c1-11-6-8-13(9-7-11)10-12(2)16-14(17)18-15(3,4)5;1-8-3-5-10(6-4-8)7-9(2)16-11(17)12(13,14)15/h6-9,12H,10H2,1-5H3,(H,16,17);3-6,9H,7H2,1-2H3,(H,16,17)/t12-;9-/m11/s1. The zero-order valence-electron chi connectivity index (χ0n) is 21.5. The van der Waals surface area contributed by atoms with Crippen molar-refractivity contribution >= 4 is 12.0 Å². The summed E-state index contributed by atoms with van der Waals surface area (Å²) in [6.07, 6.45) is -3.99. The number of rotatable bonds is 6. The Bertz CT molecular complexity index is 934. The number of carbonyl (C=O) groups is 2. The molecule has 2 rings (SSSR count). The summed E-state index contributed by atoms with van der Waals surface area (Å²) in [5, 5.41) is 4.76. The van der Waals surface area contributed by atoms with Crippen LogP contribution in [0.5, 0.6) is 0 Å². The maximum atomic E-state index is 12.0. The number of nitrogens with one attached hydrogen (secondary N) is 2. The maximum Gasteiger partial charge on any atom is 0.471 e. The number of hydrogen-bond acceptors (Lipinski definition) is 3. The lowest BCUT2D eigenvalue weighted by Gasteiger charge is -2.22. The van der Waals surface area contributed by atoms with Gasteiger partial charge in [-0.1, -0.05) is 59.7 Å². The van der Waals surface area contributed by atoms with Crippen molar-refractivity contribution in [1.29, 1.82) is 0 Å². The van der Waals surface area contributed by atoms with Crippen LogP contribution in [0.1, 0.15) is 56.9 Å². The van der Waals surface area contributed by atoms with Crippen LogP contribution in [0, 0.1) is 13.8 Å². The molecule has 5 nitrogen and oxygen atoms in total. The Morgan fingerprint density at radius 3 is 1.49 bits per heavy atom. The van der Waals surface area contributed by atoms with Crippen LogP contribution in [0.3, 0.4) is 0 Å². The predicted octanol–water partition coefficient (Wildman–Crippen LogP) is 6.06. The molecule has 2 amide bonds. The van der Waals surface area contributed by atoms with Gasteiger partial charge < -0.3 is 15.4 Å². The summed E-state index contributed by atoms with van der Waals surface area (Å²) in [5.41, 5.74) is 3.98. The van der Waals surface area contributed by atoms with Crippen molar-refractivity contribution in [2.75, 3.05) is 0 Å². The third kappa shape index (κ3) is 13.4. The molecule has 0 radical (unpaired) electrons. The smallest absolute Gasteiger partial charge is 0.444 e. The fraction of sp³-hybridized carbons (Fsp3) is 0.481. The molecule has 0 spiro atoms. The summed E-state index contributed by atoms with van der Waals surface area (Å²) in [6.45, 7) is 13.1. The Hall–Kier alpha value is -3.03. The van der Waals surface area contributed by atoms with E-state index >= 15 is 0 Å². The minimum absolute atomic E-state index is 0.0579. The van der Waals surface area contributed by atoms with Crippen LogP contribution in [0.15, 0.2) is 48.5 Å². The SMILES string of the molecule is Cc1ccc(C[C@@H](C)NC(=O)C(F)(F)F)cc1.Cc1ccc(C[C@@H](C)NC(=O)OC(C)(C)C)cc1. The van der Waals surface area contributed by atoms with E-state index in [0.29, 0.717) is 6.42 Å². The van der Waals surface area contributed by atoms with E-state index in [4.69, 9.17) is 4.74 Å². The second-order valence-electron chi connectivity index (χ2n) is 9.80. The lowest BCUT2D eigenvalue weighted by Crippen LogP contribution is -2.42. The number of aryl methyl sites for hydroxylation is 2. The number of alkyl carbamates (subject to hydrolysis) is 1. The van der Waals surface area contributed by atoms with Gasteiger partial charge in [-0.3, -0.25) is 4.79 Å². The van der Waals surface area contributed by atoms with Gasteiger partial charge in [-0.15, -0.1) is 0 Å². The number of carbonyl (C=O) groups excluding carboxylic acids is 2. The zero-order chi connectivity index (χ0) is 26.8. The highest BCUT2D eigenvalue weighted by Crippen LogP contribution is 2.15. The molecule has 8 heteroatoms. The third-order valence-corrected chi connectivity index (χ3v) is 4.72. The van der Waals surface area contributed by atoms with E-state index in [2.05, 4.69) is 36.5 Å². The molecule has 0 heterocycles. The number of amides is 2. The van der Waals surface area contributed by atoms with Gasteiger partial charge >= 0.3 is 18.2 Å². The Morgan fingerprint density at radius 1 is 0.771 bits per heavy atom. The van der Waals surface area contributed by atoms with E-state index in [0.717, 1.165) is 17.5 Å². The van der Waals surface area contributed by atoms with Crippen LogP contribution in [0.25, 0.3) is 0 Å². The van der Waals surface area contributed by atoms with Gasteiger partial charge in [-0.2, -0.15) is 13.2 Å². The van der Waals surface area contributed by atoms with E-state index in [1.165, 1.54) is 11.1 Å². The molecular formula is C27H37F3N2O3. The largest absolute Gasteiger partial charge is 0.471 e. The first-order valence-electron chi connectivity index (χ1n) is 11.5. The fourth-order valence-corrected chi connectivity index (χ4v) is 3.07. The van der Waals surface area contributed by atoms with Gasteiger partial charge in [-0.05, 0) is 72.4 Å².